The van der Waals surface area contributed by atoms with Crippen LogP contribution in [-0.2, 0) is 0 Å². The summed E-state index contributed by atoms with van der Waals surface area (Å²) in [5.41, 5.74) is -1.65. The predicted molar refractivity (Wildman–Crippen MR) is 43.8 cm³/mol. The van der Waals surface area contributed by atoms with Crippen LogP contribution in [0.5, 0.6) is 0 Å². The smallest absolute Gasteiger partial charge is 0.412 e. The van der Waals surface area contributed by atoms with Crippen LogP contribution in [0.25, 0.3) is 11.2 Å². The Kier molecular flexibility index (Phi) is 4.08. The van der Waals surface area contributed by atoms with Gasteiger partial charge in [-0.2, -0.15) is 0 Å². The molecule has 6 N–H and O–H groups in total. The van der Waals surface area contributed by atoms with Gasteiger partial charge in [-0.15, -0.1) is 0 Å². The zero-order chi connectivity index (χ0) is 8.72. The molecule has 0 unspecified atom stereocenters. The second kappa shape index (κ2) is 4.42. The molecule has 0 saturated heterocycles. The zero-order valence-electron chi connectivity index (χ0n) is 7.22. The first-order valence-corrected chi connectivity index (χ1v) is 3.11. The van der Waals surface area contributed by atoms with Crippen LogP contribution >= 0.6 is 0 Å². The molecule has 0 saturated carbocycles. The van der Waals surface area contributed by atoms with Crippen LogP contribution in [0.15, 0.2) is 14.4 Å². The van der Waals surface area contributed by atoms with Crippen molar-refractivity contribution in [2.24, 2.45) is 0 Å². The Morgan fingerprint density at radius 3 is 1.86 bits per heavy atom. The Morgan fingerprint density at radius 2 is 1.29 bits per heavy atom. The second-order valence-corrected chi connectivity index (χ2v) is 2.24. The van der Waals surface area contributed by atoms with Crippen molar-refractivity contribution in [3.8, 4) is 0 Å². The molecule has 0 aromatic carbocycles. The van der Waals surface area contributed by atoms with Gasteiger partial charge in [0.05, 0.1) is 0 Å². The standard InChI is InChI=1S/C5H4N4O3.Na.H2O/c10-3-1-2(7-4(11)6-1)8-5(12)9-3;;/h(H4,6,7,8,9,10,11,12);;1H2/q;+1;. The maximum absolute atomic E-state index is 10.9. The molecular weight excluding hydrogens is 203 g/mol. The summed E-state index contributed by atoms with van der Waals surface area (Å²) in [6.45, 7) is 0. The monoisotopic (exact) mass is 209 g/mol. The van der Waals surface area contributed by atoms with Gasteiger partial charge in [0, 0.05) is 0 Å². The Hall–Kier alpha value is -1.09. The van der Waals surface area contributed by atoms with E-state index in [-0.39, 0.29) is 46.2 Å². The van der Waals surface area contributed by atoms with Gasteiger partial charge in [0.1, 0.15) is 11.2 Å². The molecule has 0 aliphatic carbocycles. The molecule has 2 rings (SSSR count). The van der Waals surface area contributed by atoms with E-state index in [0.29, 0.717) is 0 Å². The molecule has 0 spiro atoms. The minimum atomic E-state index is -0.650. The Labute approximate surface area is 97.4 Å². The van der Waals surface area contributed by atoms with Crippen molar-refractivity contribution in [2.45, 2.75) is 0 Å². The van der Waals surface area contributed by atoms with E-state index in [9.17, 15) is 14.4 Å². The number of hydrogen-bond donors (Lipinski definition) is 4. The van der Waals surface area contributed by atoms with Crippen molar-refractivity contribution in [3.63, 3.8) is 0 Å². The Morgan fingerprint density at radius 1 is 0.786 bits per heavy atom. The summed E-state index contributed by atoms with van der Waals surface area (Å²) in [4.78, 5) is 41.0. The molecule has 0 fully saturated rings. The van der Waals surface area contributed by atoms with Gasteiger partial charge in [-0.1, -0.05) is 0 Å². The van der Waals surface area contributed by atoms with Gasteiger partial charge in [0.15, 0.2) is 0 Å². The number of nitrogens with one attached hydrogen (secondary N) is 4. The van der Waals surface area contributed by atoms with Gasteiger partial charge >= 0.3 is 40.9 Å². The molecule has 0 atom stereocenters. The molecule has 2 aromatic heterocycles. The number of hydrogen-bond acceptors (Lipinski definition) is 3. The largest absolute Gasteiger partial charge is 1.00 e. The van der Waals surface area contributed by atoms with Gasteiger partial charge in [-0.25, -0.2) is 9.59 Å². The fourth-order valence-corrected chi connectivity index (χ4v) is 0.958. The first-order chi connectivity index (χ1) is 5.66. The molecule has 9 heteroatoms. The van der Waals surface area contributed by atoms with Crippen LogP contribution in [0.4, 0.5) is 0 Å². The quantitative estimate of drug-likeness (QED) is 0.321. The van der Waals surface area contributed by atoms with Crippen LogP contribution in [0, 0.1) is 0 Å². The normalized spacial score (nSPS) is 9.14. The van der Waals surface area contributed by atoms with E-state index in [1.54, 1.807) is 0 Å². The van der Waals surface area contributed by atoms with Gasteiger partial charge in [-0.05, 0) is 0 Å². The third-order valence-corrected chi connectivity index (χ3v) is 1.42. The summed E-state index contributed by atoms with van der Waals surface area (Å²) in [5, 5.41) is 0. The van der Waals surface area contributed by atoms with Gasteiger partial charge in [0.25, 0.3) is 5.56 Å². The number of rotatable bonds is 0. The number of H-pyrrole nitrogens is 4. The predicted octanol–water partition coefficient (Wildman–Crippen LogP) is -5.59. The first kappa shape index (κ1) is 12.9. The van der Waals surface area contributed by atoms with Crippen molar-refractivity contribution in [1.82, 2.24) is 19.9 Å². The van der Waals surface area contributed by atoms with Gasteiger partial charge in [0.2, 0.25) is 0 Å². The fourth-order valence-electron chi connectivity index (χ4n) is 0.958. The van der Waals surface area contributed by atoms with Crippen molar-refractivity contribution < 1.29 is 35.0 Å². The number of aromatic nitrogens is 4. The molecule has 0 aliphatic heterocycles. The number of imidazole rings is 1. The molecule has 14 heavy (non-hydrogen) atoms. The fraction of sp³-hybridized carbons (Fsp3) is 0. The molecule has 70 valence electrons. The van der Waals surface area contributed by atoms with Gasteiger partial charge in [-0.3, -0.25) is 24.7 Å². The maximum Gasteiger partial charge on any atom is 1.00 e. The molecule has 0 amide bonds. The summed E-state index contributed by atoms with van der Waals surface area (Å²) in [6, 6.07) is 0. The number of fused-ring (bicyclic) bond motifs is 1. The summed E-state index contributed by atoms with van der Waals surface area (Å²) in [5.74, 6) is 0. The van der Waals surface area contributed by atoms with E-state index >= 15 is 0 Å². The molecule has 8 nitrogen and oxygen atoms in total. The summed E-state index contributed by atoms with van der Waals surface area (Å²) in [7, 11) is 0. The topological polar surface area (TPSA) is 146 Å². The van der Waals surface area contributed by atoms with E-state index in [1.807, 2.05) is 4.98 Å². The van der Waals surface area contributed by atoms with Crippen LogP contribution in [-0.4, -0.2) is 25.4 Å². The first-order valence-electron chi connectivity index (χ1n) is 3.11. The Bertz CT molecular complexity index is 590. The van der Waals surface area contributed by atoms with Crippen LogP contribution < -0.4 is 46.5 Å². The van der Waals surface area contributed by atoms with Crippen LogP contribution in [0.3, 0.4) is 0 Å². The van der Waals surface area contributed by atoms with Crippen molar-refractivity contribution in [2.75, 3.05) is 0 Å². The summed E-state index contributed by atoms with van der Waals surface area (Å²) < 4.78 is 0. The molecular formula is C5H6N4NaO4+. The maximum atomic E-state index is 10.9. The van der Waals surface area contributed by atoms with Crippen molar-refractivity contribution in [1.29, 1.82) is 0 Å². The van der Waals surface area contributed by atoms with Crippen molar-refractivity contribution in [3.05, 3.63) is 31.3 Å². The average molecular weight is 209 g/mol. The molecule has 2 aromatic rings. The van der Waals surface area contributed by atoms with E-state index in [0.717, 1.165) is 0 Å². The molecule has 2 heterocycles. The summed E-state index contributed by atoms with van der Waals surface area (Å²) in [6.07, 6.45) is 0. The third-order valence-electron chi connectivity index (χ3n) is 1.42. The summed E-state index contributed by atoms with van der Waals surface area (Å²) >= 11 is 0. The Balaban J connectivity index is 0.000000845. The van der Waals surface area contributed by atoms with Crippen LogP contribution in [0.1, 0.15) is 0 Å². The van der Waals surface area contributed by atoms with E-state index in [4.69, 9.17) is 0 Å². The average Bonchev–Trinajstić information content (AvgIpc) is 2.29. The van der Waals surface area contributed by atoms with E-state index in [1.165, 1.54) is 0 Å². The molecule has 0 bridgehead atoms. The number of aromatic amines is 4. The van der Waals surface area contributed by atoms with Gasteiger partial charge < -0.3 is 5.48 Å². The third kappa shape index (κ3) is 2.04. The van der Waals surface area contributed by atoms with E-state index in [2.05, 4.69) is 15.0 Å². The zero-order valence-corrected chi connectivity index (χ0v) is 9.22. The SMILES string of the molecule is O.O=c1[nH]c(=O)c2[nH]c(=O)[nH]c2[nH]1.[Na+]. The minimum Gasteiger partial charge on any atom is -0.412 e. The minimum absolute atomic E-state index is 0. The van der Waals surface area contributed by atoms with Crippen molar-refractivity contribution >= 4 is 11.2 Å². The van der Waals surface area contributed by atoms with Crippen LogP contribution in [0.2, 0.25) is 0 Å². The molecule has 0 aliphatic rings. The second-order valence-electron chi connectivity index (χ2n) is 2.24. The van der Waals surface area contributed by atoms with E-state index < -0.39 is 16.9 Å². The molecule has 0 radical (unpaired) electrons.